The SMILES string of the molecule is CC(C)(C)OC(=O)Nn1c(=O)c2cc(F)c(N3CCC(C(N)C(=O)OC(C)(C)C)C3)cc2n(C2CC2)c1=O. The summed E-state index contributed by atoms with van der Waals surface area (Å²) in [5, 5.41) is -0.0463. The number of aromatic nitrogens is 2. The lowest BCUT2D eigenvalue weighted by Gasteiger charge is -2.25. The number of benzene rings is 1. The molecule has 2 aromatic rings. The van der Waals surface area contributed by atoms with Gasteiger partial charge in [0.05, 0.1) is 16.6 Å². The molecule has 1 aliphatic heterocycles. The molecule has 2 fully saturated rings. The van der Waals surface area contributed by atoms with Gasteiger partial charge in [-0.25, -0.2) is 19.4 Å². The Hall–Kier alpha value is -3.41. The molecule has 1 aromatic carbocycles. The van der Waals surface area contributed by atoms with Gasteiger partial charge in [0.15, 0.2) is 0 Å². The zero-order valence-electron chi connectivity index (χ0n) is 22.7. The minimum atomic E-state index is -0.972. The molecule has 4 rings (SSSR count). The van der Waals surface area contributed by atoms with E-state index in [1.165, 1.54) is 10.6 Å². The van der Waals surface area contributed by atoms with Gasteiger partial charge in [-0.05, 0) is 72.9 Å². The Labute approximate surface area is 219 Å². The van der Waals surface area contributed by atoms with E-state index >= 15 is 4.39 Å². The smallest absolute Gasteiger partial charge is 0.427 e. The highest BCUT2D eigenvalue weighted by molar-refractivity contribution is 5.84. The molecule has 0 bridgehead atoms. The van der Waals surface area contributed by atoms with Gasteiger partial charge < -0.3 is 20.1 Å². The first-order chi connectivity index (χ1) is 17.6. The molecule has 1 saturated heterocycles. The third-order valence-electron chi connectivity index (χ3n) is 6.42. The molecular formula is C26H36FN5O6. The second-order valence-electron chi connectivity index (χ2n) is 12.0. The Morgan fingerprint density at radius 1 is 1.05 bits per heavy atom. The lowest BCUT2D eigenvalue weighted by Crippen LogP contribution is -2.47. The van der Waals surface area contributed by atoms with E-state index in [9.17, 15) is 19.2 Å². The molecule has 0 spiro atoms. The quantitative estimate of drug-likeness (QED) is 0.560. The van der Waals surface area contributed by atoms with Gasteiger partial charge in [-0.1, -0.05) is 0 Å². The van der Waals surface area contributed by atoms with Crippen molar-refractivity contribution in [1.29, 1.82) is 0 Å². The van der Waals surface area contributed by atoms with Gasteiger partial charge in [0.25, 0.3) is 5.56 Å². The van der Waals surface area contributed by atoms with Crippen LogP contribution in [-0.2, 0) is 14.3 Å². The number of carbonyl (C=O) groups excluding carboxylic acids is 2. The molecule has 2 heterocycles. The van der Waals surface area contributed by atoms with Crippen molar-refractivity contribution in [2.75, 3.05) is 23.4 Å². The second kappa shape index (κ2) is 9.72. The normalized spacial score (nSPS) is 18.9. The number of carbonyl (C=O) groups is 2. The molecule has 3 N–H and O–H groups in total. The van der Waals surface area contributed by atoms with Crippen molar-refractivity contribution >= 4 is 28.7 Å². The largest absolute Gasteiger partial charge is 0.459 e. The van der Waals surface area contributed by atoms with E-state index in [0.717, 1.165) is 6.07 Å². The third-order valence-corrected chi connectivity index (χ3v) is 6.42. The molecule has 2 unspecified atom stereocenters. The van der Waals surface area contributed by atoms with Crippen LogP contribution in [0.4, 0.5) is 14.9 Å². The number of hydrogen-bond donors (Lipinski definition) is 2. The first-order valence-electron chi connectivity index (χ1n) is 12.8. The number of hydrogen-bond acceptors (Lipinski definition) is 8. The average molecular weight is 534 g/mol. The Morgan fingerprint density at radius 2 is 1.68 bits per heavy atom. The molecule has 2 atom stereocenters. The third kappa shape index (κ3) is 5.85. The number of anilines is 1. The monoisotopic (exact) mass is 533 g/mol. The van der Waals surface area contributed by atoms with Crippen LogP contribution in [-0.4, -0.2) is 51.6 Å². The highest BCUT2D eigenvalue weighted by Crippen LogP contribution is 2.37. The van der Waals surface area contributed by atoms with Crippen LogP contribution in [0.3, 0.4) is 0 Å². The van der Waals surface area contributed by atoms with Crippen molar-refractivity contribution in [3.05, 3.63) is 38.8 Å². The van der Waals surface area contributed by atoms with E-state index < -0.39 is 46.4 Å². The summed E-state index contributed by atoms with van der Waals surface area (Å²) in [7, 11) is 0. The summed E-state index contributed by atoms with van der Waals surface area (Å²) in [4.78, 5) is 53.0. The van der Waals surface area contributed by atoms with E-state index in [4.69, 9.17) is 15.2 Å². The Morgan fingerprint density at radius 3 is 2.26 bits per heavy atom. The first kappa shape index (κ1) is 27.6. The van der Waals surface area contributed by atoms with Gasteiger partial charge in [0.1, 0.15) is 23.1 Å². The lowest BCUT2D eigenvalue weighted by atomic mass is 9.99. The summed E-state index contributed by atoms with van der Waals surface area (Å²) in [6.45, 7) is 11.0. The van der Waals surface area contributed by atoms with Crippen molar-refractivity contribution in [2.24, 2.45) is 11.7 Å². The van der Waals surface area contributed by atoms with E-state index in [2.05, 4.69) is 5.43 Å². The highest BCUT2D eigenvalue weighted by atomic mass is 19.1. The molecule has 208 valence electrons. The number of amides is 1. The van der Waals surface area contributed by atoms with Crippen LogP contribution in [0, 0.1) is 11.7 Å². The Bertz CT molecular complexity index is 1380. The molecule has 2 aliphatic rings. The number of nitrogens with two attached hydrogens (primary N) is 1. The number of nitrogens with one attached hydrogen (secondary N) is 1. The average Bonchev–Trinajstić information content (AvgIpc) is 3.49. The minimum absolute atomic E-state index is 0.0463. The van der Waals surface area contributed by atoms with E-state index in [-0.39, 0.29) is 28.6 Å². The summed E-state index contributed by atoms with van der Waals surface area (Å²) >= 11 is 0. The van der Waals surface area contributed by atoms with Crippen molar-refractivity contribution < 1.29 is 23.5 Å². The number of ether oxygens (including phenoxy) is 2. The number of esters is 1. The van der Waals surface area contributed by atoms with E-state index in [1.807, 2.05) is 0 Å². The standard InChI is InChI=1S/C26H36FN5O6/c1-25(2,3)37-22(34)20(28)14-9-10-30(13-14)19-12-18-16(11-17(19)27)21(33)32(24(36)31(18)15-7-8-15)29-23(35)38-26(4,5)6/h11-12,14-15,20H,7-10,13,28H2,1-6H3,(H,29,35). The van der Waals surface area contributed by atoms with Crippen LogP contribution in [0.1, 0.15) is 66.8 Å². The predicted molar refractivity (Wildman–Crippen MR) is 140 cm³/mol. The van der Waals surface area contributed by atoms with Gasteiger partial charge >= 0.3 is 17.8 Å². The molecule has 1 amide bonds. The Balaban J connectivity index is 1.68. The molecule has 38 heavy (non-hydrogen) atoms. The lowest BCUT2D eigenvalue weighted by molar-refractivity contribution is -0.157. The van der Waals surface area contributed by atoms with Crippen molar-refractivity contribution in [3.63, 3.8) is 0 Å². The summed E-state index contributed by atoms with van der Waals surface area (Å²) in [5.41, 5.74) is 5.76. The fourth-order valence-corrected chi connectivity index (χ4v) is 4.62. The summed E-state index contributed by atoms with van der Waals surface area (Å²) in [6.07, 6.45) is 1.00. The van der Waals surface area contributed by atoms with Crippen LogP contribution in [0.25, 0.3) is 10.9 Å². The highest BCUT2D eigenvalue weighted by Gasteiger charge is 2.36. The molecule has 1 aromatic heterocycles. The first-order valence-corrected chi connectivity index (χ1v) is 12.8. The maximum Gasteiger partial charge on any atom is 0.427 e. The van der Waals surface area contributed by atoms with Crippen LogP contribution < -0.4 is 27.3 Å². The molecule has 12 heteroatoms. The fourth-order valence-electron chi connectivity index (χ4n) is 4.62. The molecular weight excluding hydrogens is 497 g/mol. The van der Waals surface area contributed by atoms with Gasteiger partial charge in [-0.15, -0.1) is 0 Å². The molecule has 11 nitrogen and oxygen atoms in total. The van der Waals surface area contributed by atoms with Gasteiger partial charge in [0, 0.05) is 25.0 Å². The van der Waals surface area contributed by atoms with Crippen molar-refractivity contribution in [1.82, 2.24) is 9.24 Å². The number of halogens is 1. The Kier molecular flexibility index (Phi) is 7.06. The molecule has 1 saturated carbocycles. The van der Waals surface area contributed by atoms with Gasteiger partial charge in [0.2, 0.25) is 0 Å². The minimum Gasteiger partial charge on any atom is -0.459 e. The van der Waals surface area contributed by atoms with Crippen LogP contribution >= 0.6 is 0 Å². The fraction of sp³-hybridized carbons (Fsp3) is 0.615. The van der Waals surface area contributed by atoms with Gasteiger partial charge in [-0.3, -0.25) is 14.2 Å². The van der Waals surface area contributed by atoms with Crippen molar-refractivity contribution in [2.45, 2.75) is 84.1 Å². The summed E-state index contributed by atoms with van der Waals surface area (Å²) < 4.78 is 28.0. The maximum absolute atomic E-state index is 15.4. The number of nitrogens with zero attached hydrogens (tertiary/aromatic N) is 3. The van der Waals surface area contributed by atoms with E-state index in [1.54, 1.807) is 46.4 Å². The zero-order valence-corrected chi connectivity index (χ0v) is 22.7. The van der Waals surface area contributed by atoms with E-state index in [0.29, 0.717) is 37.0 Å². The number of fused-ring (bicyclic) bond motifs is 1. The predicted octanol–water partition coefficient (Wildman–Crippen LogP) is 2.61. The van der Waals surface area contributed by atoms with Gasteiger partial charge in [-0.2, -0.15) is 4.68 Å². The summed E-state index contributed by atoms with van der Waals surface area (Å²) in [6, 6.07) is 1.53. The van der Waals surface area contributed by atoms with Crippen molar-refractivity contribution in [3.8, 4) is 0 Å². The van der Waals surface area contributed by atoms with Crippen LogP contribution in [0.15, 0.2) is 21.7 Å². The van der Waals surface area contributed by atoms with Crippen LogP contribution in [0.5, 0.6) is 0 Å². The number of rotatable bonds is 5. The molecule has 0 radical (unpaired) electrons. The maximum atomic E-state index is 15.4. The summed E-state index contributed by atoms with van der Waals surface area (Å²) in [5.74, 6) is -1.42. The second-order valence-corrected chi connectivity index (χ2v) is 12.0. The zero-order chi connectivity index (χ0) is 28.2. The molecule has 1 aliphatic carbocycles. The topological polar surface area (TPSA) is 138 Å². The van der Waals surface area contributed by atoms with Crippen LogP contribution in [0.2, 0.25) is 0 Å².